The molecule has 0 unspecified atom stereocenters. The molecule has 2 heteroatoms. The number of hydrogen-bond donors (Lipinski definition) is 0. The summed E-state index contributed by atoms with van der Waals surface area (Å²) in [5.74, 6) is 1.90. The Morgan fingerprint density at radius 1 is 1.12 bits per heavy atom. The number of imidazole rings is 1. The van der Waals surface area contributed by atoms with Gasteiger partial charge in [-0.15, -0.1) is 0 Å². The molecule has 0 aliphatic heterocycles. The van der Waals surface area contributed by atoms with E-state index in [-0.39, 0.29) is 5.54 Å². The number of nitrogens with zero attached hydrogens (tertiary/aromatic N) is 2. The van der Waals surface area contributed by atoms with E-state index in [2.05, 4.69) is 39.2 Å². The van der Waals surface area contributed by atoms with Gasteiger partial charge in [-0.2, -0.15) is 0 Å². The fourth-order valence-electron chi connectivity index (χ4n) is 3.24. The Bertz CT molecular complexity index is 376. The summed E-state index contributed by atoms with van der Waals surface area (Å²) >= 11 is 0. The van der Waals surface area contributed by atoms with Crippen molar-refractivity contribution < 1.29 is 0 Å². The second-order valence-electron chi connectivity index (χ2n) is 6.12. The van der Waals surface area contributed by atoms with Crippen LogP contribution in [-0.4, -0.2) is 9.55 Å². The zero-order valence-corrected chi connectivity index (χ0v) is 11.3. The minimum absolute atomic E-state index is 0.151. The van der Waals surface area contributed by atoms with Crippen LogP contribution in [0.4, 0.5) is 0 Å². The Morgan fingerprint density at radius 3 is 2.12 bits per heavy atom. The summed E-state index contributed by atoms with van der Waals surface area (Å²) in [5.41, 5.74) is 2.90. The molecular formula is C14H24N2. The first kappa shape index (κ1) is 11.7. The van der Waals surface area contributed by atoms with Crippen LogP contribution in [0.2, 0.25) is 0 Å². The minimum atomic E-state index is 0.151. The standard InChI is InChI=1S/C14H24N2/c1-10-13(12-8-6-7-9-12)15-11(2)16(10)14(3,4)5/h12H,6-9H2,1-5H3. The third-order valence-corrected chi connectivity index (χ3v) is 3.72. The molecule has 0 atom stereocenters. The summed E-state index contributed by atoms with van der Waals surface area (Å²) in [6, 6.07) is 0. The Morgan fingerprint density at radius 2 is 1.69 bits per heavy atom. The van der Waals surface area contributed by atoms with E-state index in [1.54, 1.807) is 0 Å². The third kappa shape index (κ3) is 1.90. The average molecular weight is 220 g/mol. The first-order chi connectivity index (χ1) is 7.41. The summed E-state index contributed by atoms with van der Waals surface area (Å²) in [6.07, 6.45) is 5.43. The van der Waals surface area contributed by atoms with Crippen LogP contribution in [0.3, 0.4) is 0 Å². The molecule has 1 saturated carbocycles. The lowest BCUT2D eigenvalue weighted by Gasteiger charge is -2.25. The molecule has 0 spiro atoms. The van der Waals surface area contributed by atoms with Gasteiger partial charge in [0.1, 0.15) is 5.82 Å². The zero-order valence-electron chi connectivity index (χ0n) is 11.3. The number of aryl methyl sites for hydroxylation is 1. The van der Waals surface area contributed by atoms with Gasteiger partial charge in [-0.1, -0.05) is 12.8 Å². The van der Waals surface area contributed by atoms with Crippen LogP contribution in [0, 0.1) is 13.8 Å². The summed E-state index contributed by atoms with van der Waals surface area (Å²) < 4.78 is 2.39. The summed E-state index contributed by atoms with van der Waals surface area (Å²) in [6.45, 7) is 11.1. The van der Waals surface area contributed by atoms with E-state index in [9.17, 15) is 0 Å². The molecule has 16 heavy (non-hydrogen) atoms. The summed E-state index contributed by atoms with van der Waals surface area (Å²) in [4.78, 5) is 4.82. The van der Waals surface area contributed by atoms with E-state index in [0.717, 1.165) is 5.92 Å². The van der Waals surface area contributed by atoms with E-state index in [0.29, 0.717) is 0 Å². The highest BCUT2D eigenvalue weighted by Gasteiger charge is 2.26. The Kier molecular flexibility index (Phi) is 2.85. The third-order valence-electron chi connectivity index (χ3n) is 3.72. The van der Waals surface area contributed by atoms with Crippen molar-refractivity contribution in [1.82, 2.24) is 9.55 Å². The second kappa shape index (κ2) is 3.90. The van der Waals surface area contributed by atoms with Gasteiger partial charge < -0.3 is 4.57 Å². The quantitative estimate of drug-likeness (QED) is 0.701. The maximum absolute atomic E-state index is 4.82. The summed E-state index contributed by atoms with van der Waals surface area (Å²) in [7, 11) is 0. The first-order valence-corrected chi connectivity index (χ1v) is 6.47. The molecule has 2 rings (SSSR count). The van der Waals surface area contributed by atoms with E-state index in [4.69, 9.17) is 4.98 Å². The van der Waals surface area contributed by atoms with Crippen molar-refractivity contribution in [3.63, 3.8) is 0 Å². The molecular weight excluding hydrogens is 196 g/mol. The smallest absolute Gasteiger partial charge is 0.106 e. The van der Waals surface area contributed by atoms with Gasteiger partial charge >= 0.3 is 0 Å². The van der Waals surface area contributed by atoms with Gasteiger partial charge in [0.05, 0.1) is 5.69 Å². The average Bonchev–Trinajstić information content (AvgIpc) is 2.71. The first-order valence-electron chi connectivity index (χ1n) is 6.47. The zero-order chi connectivity index (χ0) is 11.9. The van der Waals surface area contributed by atoms with Crippen molar-refractivity contribution >= 4 is 0 Å². The van der Waals surface area contributed by atoms with Crippen molar-refractivity contribution in [2.75, 3.05) is 0 Å². The minimum Gasteiger partial charge on any atom is -0.327 e. The highest BCUT2D eigenvalue weighted by atomic mass is 15.1. The van der Waals surface area contributed by atoms with E-state index in [1.807, 2.05) is 0 Å². The van der Waals surface area contributed by atoms with Crippen LogP contribution in [0.25, 0.3) is 0 Å². The van der Waals surface area contributed by atoms with Gasteiger partial charge in [-0.25, -0.2) is 4.98 Å². The molecule has 1 aliphatic carbocycles. The molecule has 1 heterocycles. The van der Waals surface area contributed by atoms with Crippen molar-refractivity contribution in [1.29, 1.82) is 0 Å². The molecule has 0 amide bonds. The van der Waals surface area contributed by atoms with Crippen molar-refractivity contribution in [3.05, 3.63) is 17.2 Å². The normalized spacial score (nSPS) is 18.3. The number of hydrogen-bond acceptors (Lipinski definition) is 1. The Labute approximate surface area is 99.1 Å². The van der Waals surface area contributed by atoms with Gasteiger partial charge in [-0.05, 0) is 47.5 Å². The Balaban J connectivity index is 2.42. The topological polar surface area (TPSA) is 17.8 Å². The maximum Gasteiger partial charge on any atom is 0.106 e. The van der Waals surface area contributed by atoms with Gasteiger partial charge in [0, 0.05) is 17.2 Å². The molecule has 0 saturated heterocycles. The van der Waals surface area contributed by atoms with Gasteiger partial charge in [0.25, 0.3) is 0 Å². The molecule has 0 aromatic carbocycles. The molecule has 0 radical (unpaired) electrons. The largest absolute Gasteiger partial charge is 0.327 e. The molecule has 2 nitrogen and oxygen atoms in total. The van der Waals surface area contributed by atoms with Crippen molar-refractivity contribution in [2.24, 2.45) is 0 Å². The van der Waals surface area contributed by atoms with E-state index < -0.39 is 0 Å². The fourth-order valence-corrected chi connectivity index (χ4v) is 3.24. The van der Waals surface area contributed by atoms with Crippen LogP contribution < -0.4 is 0 Å². The monoisotopic (exact) mass is 220 g/mol. The lowest BCUT2D eigenvalue weighted by molar-refractivity contribution is 0.380. The molecule has 1 aliphatic rings. The van der Waals surface area contributed by atoms with Crippen molar-refractivity contribution in [3.8, 4) is 0 Å². The fraction of sp³-hybridized carbons (Fsp3) is 0.786. The molecule has 0 bridgehead atoms. The SMILES string of the molecule is Cc1nc(C2CCCC2)c(C)n1C(C)(C)C. The maximum atomic E-state index is 4.82. The molecule has 90 valence electrons. The van der Waals surface area contributed by atoms with E-state index in [1.165, 1.54) is 42.9 Å². The van der Waals surface area contributed by atoms with Crippen LogP contribution in [0.15, 0.2) is 0 Å². The molecule has 1 fully saturated rings. The van der Waals surface area contributed by atoms with Gasteiger partial charge in [-0.3, -0.25) is 0 Å². The van der Waals surface area contributed by atoms with Crippen LogP contribution in [0.5, 0.6) is 0 Å². The molecule has 1 aromatic heterocycles. The van der Waals surface area contributed by atoms with Crippen LogP contribution >= 0.6 is 0 Å². The molecule has 0 N–H and O–H groups in total. The lowest BCUT2D eigenvalue weighted by Crippen LogP contribution is -2.24. The number of rotatable bonds is 1. The van der Waals surface area contributed by atoms with Gasteiger partial charge in [0.2, 0.25) is 0 Å². The van der Waals surface area contributed by atoms with E-state index >= 15 is 0 Å². The van der Waals surface area contributed by atoms with Crippen LogP contribution in [-0.2, 0) is 5.54 Å². The second-order valence-corrected chi connectivity index (χ2v) is 6.12. The predicted molar refractivity (Wildman–Crippen MR) is 67.9 cm³/mol. The van der Waals surface area contributed by atoms with Crippen LogP contribution in [0.1, 0.15) is 69.6 Å². The van der Waals surface area contributed by atoms with Crippen molar-refractivity contribution in [2.45, 2.75) is 71.8 Å². The molecule has 1 aromatic rings. The highest BCUT2D eigenvalue weighted by molar-refractivity contribution is 5.22. The van der Waals surface area contributed by atoms with Gasteiger partial charge in [0.15, 0.2) is 0 Å². The lowest BCUT2D eigenvalue weighted by atomic mass is 10.0. The predicted octanol–water partition coefficient (Wildman–Crippen LogP) is 3.91. The Hall–Kier alpha value is -0.790. The number of aromatic nitrogens is 2. The highest BCUT2D eigenvalue weighted by Crippen LogP contribution is 2.36. The summed E-state index contributed by atoms with van der Waals surface area (Å²) in [5, 5.41) is 0.